The SMILES string of the molecule is OC(Cc1ccc(F)c(Cl)c1)C1CCC(F)(F)CC1. The van der Waals surface area contributed by atoms with Crippen LogP contribution in [0.1, 0.15) is 31.2 Å². The van der Waals surface area contributed by atoms with Crippen LogP contribution in [0.15, 0.2) is 18.2 Å². The molecule has 1 aromatic rings. The van der Waals surface area contributed by atoms with E-state index in [9.17, 15) is 18.3 Å². The molecule has 0 aliphatic heterocycles. The summed E-state index contributed by atoms with van der Waals surface area (Å²) in [7, 11) is 0. The first-order valence-electron chi connectivity index (χ1n) is 6.37. The maximum Gasteiger partial charge on any atom is 0.248 e. The highest BCUT2D eigenvalue weighted by molar-refractivity contribution is 6.30. The molecule has 1 N–H and O–H groups in total. The van der Waals surface area contributed by atoms with Gasteiger partial charge in [-0.15, -0.1) is 0 Å². The zero-order chi connectivity index (χ0) is 14.0. The van der Waals surface area contributed by atoms with Crippen molar-refractivity contribution >= 4 is 11.6 Å². The van der Waals surface area contributed by atoms with Gasteiger partial charge in [-0.3, -0.25) is 0 Å². The Kier molecular flexibility index (Phi) is 4.41. The second-order valence-corrected chi connectivity index (χ2v) is 5.62. The quantitative estimate of drug-likeness (QED) is 0.885. The molecule has 19 heavy (non-hydrogen) atoms. The number of rotatable bonds is 3. The van der Waals surface area contributed by atoms with Crippen LogP contribution in [0.3, 0.4) is 0 Å². The van der Waals surface area contributed by atoms with Gasteiger partial charge < -0.3 is 5.11 Å². The summed E-state index contributed by atoms with van der Waals surface area (Å²) in [6.07, 6.45) is -0.0575. The molecule has 0 bridgehead atoms. The predicted octanol–water partition coefficient (Wildman–Crippen LogP) is 4.21. The van der Waals surface area contributed by atoms with Crippen molar-refractivity contribution in [3.05, 3.63) is 34.6 Å². The number of aliphatic hydroxyl groups is 1. The summed E-state index contributed by atoms with van der Waals surface area (Å²) in [5.41, 5.74) is 0.719. The highest BCUT2D eigenvalue weighted by Crippen LogP contribution is 2.38. The molecule has 1 unspecified atom stereocenters. The summed E-state index contributed by atoms with van der Waals surface area (Å²) in [6, 6.07) is 4.28. The van der Waals surface area contributed by atoms with E-state index in [0.717, 1.165) is 5.56 Å². The fraction of sp³-hybridized carbons (Fsp3) is 0.571. The molecule has 5 heteroatoms. The number of benzene rings is 1. The molecule has 1 aromatic carbocycles. The maximum absolute atomic E-state index is 13.0. The van der Waals surface area contributed by atoms with Crippen LogP contribution in [0, 0.1) is 11.7 Å². The molecule has 0 aromatic heterocycles. The topological polar surface area (TPSA) is 20.2 Å². The smallest absolute Gasteiger partial charge is 0.248 e. The van der Waals surface area contributed by atoms with Crippen LogP contribution >= 0.6 is 11.6 Å². The first kappa shape index (κ1) is 14.7. The van der Waals surface area contributed by atoms with Crippen molar-refractivity contribution in [3.8, 4) is 0 Å². The zero-order valence-corrected chi connectivity index (χ0v) is 11.1. The molecule has 0 heterocycles. The minimum Gasteiger partial charge on any atom is -0.392 e. The van der Waals surface area contributed by atoms with Crippen molar-refractivity contribution in [1.82, 2.24) is 0 Å². The average Bonchev–Trinajstić information content (AvgIpc) is 2.33. The highest BCUT2D eigenvalue weighted by atomic mass is 35.5. The van der Waals surface area contributed by atoms with E-state index in [-0.39, 0.29) is 23.8 Å². The minimum absolute atomic E-state index is 0.0138. The van der Waals surface area contributed by atoms with Gasteiger partial charge in [-0.25, -0.2) is 13.2 Å². The lowest BCUT2D eigenvalue weighted by Crippen LogP contribution is -2.32. The molecule has 1 aliphatic rings. The van der Waals surface area contributed by atoms with Crippen molar-refractivity contribution < 1.29 is 18.3 Å². The van der Waals surface area contributed by atoms with Gasteiger partial charge in [0.2, 0.25) is 5.92 Å². The number of hydrogen-bond donors (Lipinski definition) is 1. The summed E-state index contributed by atoms with van der Waals surface area (Å²) in [4.78, 5) is 0. The van der Waals surface area contributed by atoms with Crippen molar-refractivity contribution in [1.29, 1.82) is 0 Å². The third-order valence-electron chi connectivity index (χ3n) is 3.73. The second kappa shape index (κ2) is 5.71. The summed E-state index contributed by atoms with van der Waals surface area (Å²) in [5, 5.41) is 10.1. The fourth-order valence-electron chi connectivity index (χ4n) is 2.52. The standard InChI is InChI=1S/C14H16ClF3O/c15-11-7-9(1-2-12(11)16)8-13(19)10-3-5-14(17,18)6-4-10/h1-2,7,10,13,19H,3-6,8H2. The Balaban J connectivity index is 1.94. The van der Waals surface area contributed by atoms with E-state index in [1.54, 1.807) is 6.07 Å². The molecule has 1 aliphatic carbocycles. The monoisotopic (exact) mass is 292 g/mol. The van der Waals surface area contributed by atoms with Crippen LogP contribution in [0.4, 0.5) is 13.2 Å². The van der Waals surface area contributed by atoms with Crippen LogP contribution in [-0.4, -0.2) is 17.1 Å². The van der Waals surface area contributed by atoms with Gasteiger partial charge >= 0.3 is 0 Å². The Morgan fingerprint density at radius 3 is 2.53 bits per heavy atom. The van der Waals surface area contributed by atoms with E-state index in [2.05, 4.69) is 0 Å². The molecule has 106 valence electrons. The molecule has 0 spiro atoms. The summed E-state index contributed by atoms with van der Waals surface area (Å²) < 4.78 is 39.0. The van der Waals surface area contributed by atoms with Crippen LogP contribution in [0.5, 0.6) is 0 Å². The Morgan fingerprint density at radius 1 is 1.32 bits per heavy atom. The first-order chi connectivity index (χ1) is 8.87. The Bertz CT molecular complexity index is 440. The second-order valence-electron chi connectivity index (χ2n) is 5.21. The van der Waals surface area contributed by atoms with Crippen LogP contribution in [0.2, 0.25) is 5.02 Å². The summed E-state index contributed by atoms with van der Waals surface area (Å²) in [6.45, 7) is 0. The van der Waals surface area contributed by atoms with Crippen LogP contribution < -0.4 is 0 Å². The highest BCUT2D eigenvalue weighted by Gasteiger charge is 2.37. The molecule has 1 nitrogen and oxygen atoms in total. The fourth-order valence-corrected chi connectivity index (χ4v) is 2.73. The van der Waals surface area contributed by atoms with Gasteiger partial charge in [0.25, 0.3) is 0 Å². The van der Waals surface area contributed by atoms with Crippen molar-refractivity contribution in [2.75, 3.05) is 0 Å². The minimum atomic E-state index is -2.59. The van der Waals surface area contributed by atoms with Gasteiger partial charge in [-0.2, -0.15) is 0 Å². The van der Waals surface area contributed by atoms with Gasteiger partial charge in [0.1, 0.15) is 5.82 Å². The van der Waals surface area contributed by atoms with Crippen molar-refractivity contribution in [2.45, 2.75) is 44.1 Å². The molecule has 2 rings (SSSR count). The number of halogens is 4. The van der Waals surface area contributed by atoms with E-state index in [4.69, 9.17) is 11.6 Å². The maximum atomic E-state index is 13.0. The molecule has 1 atom stereocenters. The largest absolute Gasteiger partial charge is 0.392 e. The molecule has 0 amide bonds. The van der Waals surface area contributed by atoms with Crippen LogP contribution in [-0.2, 0) is 6.42 Å². The lowest BCUT2D eigenvalue weighted by Gasteiger charge is -2.31. The van der Waals surface area contributed by atoms with E-state index >= 15 is 0 Å². The first-order valence-corrected chi connectivity index (χ1v) is 6.75. The molecular formula is C14H16ClF3O. The van der Waals surface area contributed by atoms with Gasteiger partial charge in [0, 0.05) is 12.8 Å². The summed E-state index contributed by atoms with van der Waals surface area (Å²) in [5.74, 6) is -3.21. The molecule has 0 radical (unpaired) electrons. The van der Waals surface area contributed by atoms with Crippen molar-refractivity contribution in [3.63, 3.8) is 0 Å². The molecule has 0 saturated heterocycles. The van der Waals surface area contributed by atoms with E-state index < -0.39 is 17.8 Å². The molecular weight excluding hydrogens is 277 g/mol. The predicted molar refractivity (Wildman–Crippen MR) is 68.0 cm³/mol. The van der Waals surface area contributed by atoms with Gasteiger partial charge in [-0.05, 0) is 42.9 Å². The van der Waals surface area contributed by atoms with Crippen LogP contribution in [0.25, 0.3) is 0 Å². The Morgan fingerprint density at radius 2 is 1.95 bits per heavy atom. The number of hydrogen-bond acceptors (Lipinski definition) is 1. The number of alkyl halides is 2. The zero-order valence-electron chi connectivity index (χ0n) is 10.4. The molecule has 1 fully saturated rings. The number of aliphatic hydroxyl groups excluding tert-OH is 1. The lowest BCUT2D eigenvalue weighted by molar-refractivity contribution is -0.0619. The third-order valence-corrected chi connectivity index (χ3v) is 4.02. The van der Waals surface area contributed by atoms with Crippen molar-refractivity contribution in [2.24, 2.45) is 5.92 Å². The summed E-state index contributed by atoms with van der Waals surface area (Å²) >= 11 is 5.66. The van der Waals surface area contributed by atoms with Gasteiger partial charge in [0.15, 0.2) is 0 Å². The Labute approximate surface area is 115 Å². The third kappa shape index (κ3) is 3.86. The van der Waals surface area contributed by atoms with Gasteiger partial charge in [0.05, 0.1) is 11.1 Å². The Hall–Kier alpha value is -0.740. The van der Waals surface area contributed by atoms with E-state index in [1.807, 2.05) is 0 Å². The molecule has 1 saturated carbocycles. The van der Waals surface area contributed by atoms with Gasteiger partial charge in [-0.1, -0.05) is 17.7 Å². The normalized spacial score (nSPS) is 21.3. The average molecular weight is 293 g/mol. The van der Waals surface area contributed by atoms with E-state index in [1.165, 1.54) is 12.1 Å². The van der Waals surface area contributed by atoms with E-state index in [0.29, 0.717) is 19.3 Å². The lowest BCUT2D eigenvalue weighted by atomic mass is 9.81.